The highest BCUT2D eigenvalue weighted by molar-refractivity contribution is 7.23. The van der Waals surface area contributed by atoms with Crippen molar-refractivity contribution in [1.82, 2.24) is 0 Å². The number of hydrogen-bond acceptors (Lipinski definition) is 3. The molecular formula is C21H15BF4N2OS. The molecule has 0 amide bonds. The van der Waals surface area contributed by atoms with E-state index in [1.165, 1.54) is 0 Å². The molecule has 0 aliphatic heterocycles. The summed E-state index contributed by atoms with van der Waals surface area (Å²) in [4.78, 5) is 4.48. The van der Waals surface area contributed by atoms with Gasteiger partial charge in [0, 0.05) is 4.70 Å². The van der Waals surface area contributed by atoms with Crippen LogP contribution in [0, 0.1) is 5.39 Å². The van der Waals surface area contributed by atoms with Gasteiger partial charge >= 0.3 is 12.9 Å². The number of halogens is 4. The maximum Gasteiger partial charge on any atom is 0.673 e. The number of fused-ring (bicyclic) bond motifs is 1. The third-order valence-corrected chi connectivity index (χ3v) is 5.21. The van der Waals surface area contributed by atoms with Crippen LogP contribution >= 0.6 is 11.3 Å². The van der Waals surface area contributed by atoms with Crippen molar-refractivity contribution >= 4 is 34.4 Å². The number of diazo groups is 1. The van der Waals surface area contributed by atoms with Crippen molar-refractivity contribution in [2.75, 3.05) is 0 Å². The Bertz CT molecular complexity index is 1150. The van der Waals surface area contributed by atoms with Crippen LogP contribution in [0.1, 0.15) is 5.56 Å². The van der Waals surface area contributed by atoms with Crippen LogP contribution in [0.4, 0.5) is 23.0 Å². The van der Waals surface area contributed by atoms with Gasteiger partial charge in [-0.1, -0.05) is 60.7 Å². The minimum absolute atomic E-state index is 0.528. The molecule has 0 atom stereocenters. The molecule has 0 aliphatic rings. The van der Waals surface area contributed by atoms with E-state index in [2.05, 4.69) is 4.98 Å². The quantitative estimate of drug-likeness (QED) is 0.187. The number of benzene rings is 3. The summed E-state index contributed by atoms with van der Waals surface area (Å²) in [5.41, 5.74) is 2.79. The first kappa shape index (κ1) is 21.3. The average Bonchev–Trinajstić information content (AvgIpc) is 3.10. The van der Waals surface area contributed by atoms with Crippen LogP contribution in [0.2, 0.25) is 0 Å². The van der Waals surface area contributed by atoms with E-state index in [1.807, 2.05) is 78.9 Å². The molecule has 0 aliphatic carbocycles. The lowest BCUT2D eigenvalue weighted by Gasteiger charge is -2.05. The van der Waals surface area contributed by atoms with Crippen LogP contribution in [0.15, 0.2) is 78.9 Å². The van der Waals surface area contributed by atoms with E-state index in [4.69, 9.17) is 4.74 Å². The molecule has 0 unspecified atom stereocenters. The van der Waals surface area contributed by atoms with Crippen molar-refractivity contribution in [3.8, 4) is 16.2 Å². The molecule has 152 valence electrons. The van der Waals surface area contributed by atoms with E-state index in [-0.39, 0.29) is 0 Å². The zero-order valence-electron chi connectivity index (χ0n) is 15.5. The van der Waals surface area contributed by atoms with Gasteiger partial charge in [0.2, 0.25) is 5.39 Å². The first-order chi connectivity index (χ1) is 14.3. The fourth-order valence-corrected chi connectivity index (χ4v) is 3.95. The van der Waals surface area contributed by atoms with Crippen molar-refractivity contribution in [3.05, 3.63) is 89.4 Å². The lowest BCUT2D eigenvalue weighted by Crippen LogP contribution is -2.02. The van der Waals surface area contributed by atoms with Crippen molar-refractivity contribution in [2.45, 2.75) is 6.61 Å². The van der Waals surface area contributed by atoms with Gasteiger partial charge in [-0.2, -0.15) is 0 Å². The number of ether oxygens (including phenoxy) is 1. The fourth-order valence-electron chi connectivity index (χ4n) is 2.78. The van der Waals surface area contributed by atoms with Gasteiger partial charge in [0.15, 0.2) is 4.98 Å². The summed E-state index contributed by atoms with van der Waals surface area (Å²) in [5.74, 6) is 0.807. The van der Waals surface area contributed by atoms with Crippen molar-refractivity contribution in [2.24, 2.45) is 0 Å². The molecular weight excluding hydrogens is 415 g/mol. The SMILES string of the molecule is F[B-](F)(F)F.N#[N+]c1c(-c2ccccc2)sc2cc(OCc3ccccc3)ccc12. The molecule has 0 saturated carbocycles. The third-order valence-electron chi connectivity index (χ3n) is 4.02. The molecule has 3 nitrogen and oxygen atoms in total. The molecule has 0 bridgehead atoms. The summed E-state index contributed by atoms with van der Waals surface area (Å²) < 4.78 is 45.9. The van der Waals surface area contributed by atoms with E-state index >= 15 is 0 Å². The highest BCUT2D eigenvalue weighted by atomic mass is 32.1. The first-order valence-corrected chi connectivity index (χ1v) is 9.68. The van der Waals surface area contributed by atoms with Gasteiger partial charge in [0.25, 0.3) is 0 Å². The van der Waals surface area contributed by atoms with E-state index in [9.17, 15) is 22.7 Å². The monoisotopic (exact) mass is 430 g/mol. The summed E-state index contributed by atoms with van der Waals surface area (Å²) >= 11 is 1.60. The predicted molar refractivity (Wildman–Crippen MR) is 113 cm³/mol. The van der Waals surface area contributed by atoms with Gasteiger partial charge in [-0.25, -0.2) is 0 Å². The molecule has 0 saturated heterocycles. The van der Waals surface area contributed by atoms with E-state index in [0.29, 0.717) is 12.3 Å². The van der Waals surface area contributed by atoms with Gasteiger partial charge in [-0.3, -0.25) is 0 Å². The Morgan fingerprint density at radius 2 is 1.47 bits per heavy atom. The van der Waals surface area contributed by atoms with Crippen LogP contribution < -0.4 is 4.74 Å². The molecule has 0 N–H and O–H groups in total. The summed E-state index contributed by atoms with van der Waals surface area (Å²) in [6.45, 7) is 0.528. The van der Waals surface area contributed by atoms with Gasteiger partial charge in [0.1, 0.15) is 17.2 Å². The molecule has 30 heavy (non-hydrogen) atoms. The molecule has 4 rings (SSSR count). The zero-order chi connectivity index (χ0) is 21.6. The number of thiophene rings is 1. The molecule has 9 heteroatoms. The molecule has 0 radical (unpaired) electrons. The van der Waals surface area contributed by atoms with Gasteiger partial charge in [-0.15, -0.1) is 11.3 Å². The van der Waals surface area contributed by atoms with Gasteiger partial charge < -0.3 is 22.0 Å². The van der Waals surface area contributed by atoms with Crippen LogP contribution in [0.5, 0.6) is 5.75 Å². The molecule has 0 fully saturated rings. The average molecular weight is 430 g/mol. The number of rotatable bonds is 4. The Kier molecular flexibility index (Phi) is 6.70. The molecule has 3 aromatic carbocycles. The second-order valence-electron chi connectivity index (χ2n) is 6.17. The first-order valence-electron chi connectivity index (χ1n) is 8.86. The van der Waals surface area contributed by atoms with Crippen molar-refractivity contribution in [1.29, 1.82) is 5.39 Å². The van der Waals surface area contributed by atoms with Gasteiger partial charge in [-0.05, 0) is 29.3 Å². The number of hydrogen-bond donors (Lipinski definition) is 0. The number of nitrogens with zero attached hydrogens (tertiary/aromatic N) is 2. The second kappa shape index (κ2) is 9.42. The van der Waals surface area contributed by atoms with E-state index < -0.39 is 7.25 Å². The Morgan fingerprint density at radius 1 is 0.867 bits per heavy atom. The summed E-state index contributed by atoms with van der Waals surface area (Å²) in [6.07, 6.45) is 0. The topological polar surface area (TPSA) is 37.4 Å². The smallest absolute Gasteiger partial charge is 0.489 e. The van der Waals surface area contributed by atoms with Crippen molar-refractivity contribution < 1.29 is 22.0 Å². The standard InChI is InChI=1S/C21H15N2OS.BF4/c22-23-20-18-12-11-17(24-14-15-7-3-1-4-8-15)13-19(18)25-21(20)16-9-5-2-6-10-16;2-1(3,4)5/h1-13H,14H2;/q+1;-1. The Morgan fingerprint density at radius 3 is 2.07 bits per heavy atom. The Hall–Kier alpha value is -3.38. The maximum absolute atomic E-state index is 9.75. The molecule has 0 spiro atoms. The zero-order valence-corrected chi connectivity index (χ0v) is 16.3. The van der Waals surface area contributed by atoms with Crippen LogP contribution in [0.25, 0.3) is 25.5 Å². The van der Waals surface area contributed by atoms with E-state index in [1.54, 1.807) is 11.3 Å². The van der Waals surface area contributed by atoms with Crippen LogP contribution in [-0.2, 0) is 6.61 Å². The van der Waals surface area contributed by atoms with Crippen LogP contribution in [0.3, 0.4) is 0 Å². The highest BCUT2D eigenvalue weighted by Crippen LogP contribution is 2.45. The summed E-state index contributed by atoms with van der Waals surface area (Å²) in [5, 5.41) is 10.4. The third kappa shape index (κ3) is 5.81. The van der Waals surface area contributed by atoms with Gasteiger partial charge in [0.05, 0.1) is 5.39 Å². The Labute approximate surface area is 174 Å². The molecule has 4 aromatic rings. The summed E-state index contributed by atoms with van der Waals surface area (Å²) in [6, 6.07) is 25.9. The normalized spacial score (nSPS) is 10.8. The van der Waals surface area contributed by atoms with Crippen molar-refractivity contribution in [3.63, 3.8) is 0 Å². The molecule has 1 heterocycles. The summed E-state index contributed by atoms with van der Waals surface area (Å²) in [7, 11) is -6.00. The fraction of sp³-hybridized carbons (Fsp3) is 0.0476. The predicted octanol–water partition coefficient (Wildman–Crippen LogP) is 7.93. The Balaban J connectivity index is 0.000000461. The minimum atomic E-state index is -6.00. The maximum atomic E-state index is 9.75. The lowest BCUT2D eigenvalue weighted by molar-refractivity contribution is 0.306. The lowest BCUT2D eigenvalue weighted by atomic mass is 10.1. The highest BCUT2D eigenvalue weighted by Gasteiger charge is 2.24. The van der Waals surface area contributed by atoms with Crippen LogP contribution in [-0.4, -0.2) is 7.25 Å². The van der Waals surface area contributed by atoms with E-state index in [0.717, 1.165) is 31.8 Å². The minimum Gasteiger partial charge on any atom is -0.489 e. The second-order valence-corrected chi connectivity index (χ2v) is 7.23. The molecule has 1 aromatic heterocycles. The largest absolute Gasteiger partial charge is 0.673 e.